The third-order valence-corrected chi connectivity index (χ3v) is 7.66. The van der Waals surface area contributed by atoms with Gasteiger partial charge in [0.25, 0.3) is 11.5 Å². The van der Waals surface area contributed by atoms with Crippen LogP contribution in [-0.4, -0.2) is 40.2 Å². The molecule has 0 saturated heterocycles. The summed E-state index contributed by atoms with van der Waals surface area (Å²) in [6, 6.07) is 1.79. The van der Waals surface area contributed by atoms with E-state index in [4.69, 9.17) is 0 Å². The third kappa shape index (κ3) is 7.18. The van der Waals surface area contributed by atoms with Gasteiger partial charge in [-0.05, 0) is 69.9 Å². The van der Waals surface area contributed by atoms with Gasteiger partial charge in [-0.3, -0.25) is 14.4 Å². The number of hydrogen-bond donors (Lipinski definition) is 3. The van der Waals surface area contributed by atoms with E-state index in [1.807, 2.05) is 18.4 Å². The highest BCUT2D eigenvalue weighted by molar-refractivity contribution is 5.98. The lowest BCUT2D eigenvalue weighted by molar-refractivity contribution is -0.126. The van der Waals surface area contributed by atoms with Crippen molar-refractivity contribution in [3.8, 4) is 0 Å². The summed E-state index contributed by atoms with van der Waals surface area (Å²) < 4.78 is 1.91. The van der Waals surface area contributed by atoms with Crippen molar-refractivity contribution < 1.29 is 14.7 Å². The molecule has 3 rings (SSSR count). The molecule has 0 spiro atoms. The summed E-state index contributed by atoms with van der Waals surface area (Å²) in [7, 11) is 0. The normalized spacial score (nSPS) is 17.7. The molecule has 0 aromatic carbocycles. The molecule has 1 aromatic rings. The number of fused-ring (bicyclic) bond motifs is 1. The summed E-state index contributed by atoms with van der Waals surface area (Å²) in [6.07, 6.45) is 12.2. The van der Waals surface area contributed by atoms with Gasteiger partial charge in [0.15, 0.2) is 0 Å². The number of aryl methyl sites for hydroxylation is 1. The molecule has 2 amide bonds. The van der Waals surface area contributed by atoms with Gasteiger partial charge in [-0.25, -0.2) is 0 Å². The highest BCUT2D eigenvalue weighted by Gasteiger charge is 2.32. The number of aliphatic hydroxyl groups excluding tert-OH is 1. The molecule has 0 unspecified atom stereocenters. The molecular formula is C28H45N3O4. The summed E-state index contributed by atoms with van der Waals surface area (Å²) in [5.74, 6) is -0.369. The zero-order chi connectivity index (χ0) is 25.6. The molecule has 2 aliphatic carbocycles. The zero-order valence-electron chi connectivity index (χ0n) is 22.2. The number of aliphatic hydroxyl groups is 1. The van der Waals surface area contributed by atoms with Crippen LogP contribution in [0.2, 0.25) is 0 Å². The van der Waals surface area contributed by atoms with Gasteiger partial charge in [-0.15, -0.1) is 0 Å². The van der Waals surface area contributed by atoms with E-state index in [1.54, 1.807) is 19.9 Å². The Morgan fingerprint density at radius 1 is 1.00 bits per heavy atom. The molecule has 0 radical (unpaired) electrons. The first-order valence-corrected chi connectivity index (χ1v) is 13.5. The fourth-order valence-electron chi connectivity index (χ4n) is 5.22. The summed E-state index contributed by atoms with van der Waals surface area (Å²) in [5, 5.41) is 15.1. The molecule has 2 aliphatic rings. The number of amides is 2. The Hall–Kier alpha value is -2.15. The van der Waals surface area contributed by atoms with Gasteiger partial charge >= 0.3 is 0 Å². The SMILES string of the molecule is CC(C)(CO)CNC(=O)C(C)(C)NC(=O)c1cc2c(n(CC3CCCCC3)c1=O)CCCCCC2. The third-order valence-electron chi connectivity index (χ3n) is 7.66. The van der Waals surface area contributed by atoms with E-state index in [1.165, 1.54) is 32.1 Å². The first kappa shape index (κ1) is 27.4. The van der Waals surface area contributed by atoms with E-state index in [0.717, 1.165) is 49.8 Å². The zero-order valence-corrected chi connectivity index (χ0v) is 22.2. The molecule has 3 N–H and O–H groups in total. The molecule has 1 heterocycles. The largest absolute Gasteiger partial charge is 0.396 e. The molecule has 1 fully saturated rings. The number of hydrogen-bond acceptors (Lipinski definition) is 4. The first-order chi connectivity index (χ1) is 16.5. The Labute approximate surface area is 210 Å². The Balaban J connectivity index is 1.87. The van der Waals surface area contributed by atoms with Crippen molar-refractivity contribution in [3.63, 3.8) is 0 Å². The number of nitrogens with zero attached hydrogens (tertiary/aromatic N) is 1. The van der Waals surface area contributed by atoms with Crippen LogP contribution in [0.15, 0.2) is 10.9 Å². The number of nitrogens with one attached hydrogen (secondary N) is 2. The minimum atomic E-state index is -1.20. The van der Waals surface area contributed by atoms with Crippen molar-refractivity contribution in [2.45, 2.75) is 110 Å². The van der Waals surface area contributed by atoms with Crippen molar-refractivity contribution in [3.05, 3.63) is 33.2 Å². The standard InChI is InChI=1S/C28H45N3O4/c1-27(2,19-32)18-29-26(35)28(3,4)30-24(33)22-16-21-14-10-5-6-11-15-23(21)31(25(22)34)17-20-12-8-7-9-13-20/h16,20,32H,5-15,17-19H2,1-4H3,(H,29,35)(H,30,33). The second kappa shape index (κ2) is 11.7. The molecule has 0 bridgehead atoms. The predicted molar refractivity (Wildman–Crippen MR) is 139 cm³/mol. The van der Waals surface area contributed by atoms with Crippen molar-refractivity contribution in [2.24, 2.45) is 11.3 Å². The molecule has 35 heavy (non-hydrogen) atoms. The highest BCUT2D eigenvalue weighted by atomic mass is 16.3. The Morgan fingerprint density at radius 2 is 1.63 bits per heavy atom. The smallest absolute Gasteiger partial charge is 0.263 e. The van der Waals surface area contributed by atoms with Gasteiger partial charge < -0.3 is 20.3 Å². The Morgan fingerprint density at radius 3 is 2.29 bits per heavy atom. The maximum absolute atomic E-state index is 13.7. The molecule has 196 valence electrons. The van der Waals surface area contributed by atoms with Crippen molar-refractivity contribution in [1.29, 1.82) is 0 Å². The number of rotatable bonds is 8. The monoisotopic (exact) mass is 487 g/mol. The fourth-order valence-corrected chi connectivity index (χ4v) is 5.22. The van der Waals surface area contributed by atoms with E-state index in [0.29, 0.717) is 12.5 Å². The van der Waals surface area contributed by atoms with E-state index in [9.17, 15) is 19.5 Å². The summed E-state index contributed by atoms with van der Waals surface area (Å²) in [6.45, 7) is 7.89. The van der Waals surface area contributed by atoms with Crippen LogP contribution < -0.4 is 16.2 Å². The average Bonchev–Trinajstić information content (AvgIpc) is 2.80. The second-order valence-electron chi connectivity index (χ2n) is 11.9. The molecule has 7 heteroatoms. The van der Waals surface area contributed by atoms with E-state index in [2.05, 4.69) is 10.6 Å². The molecule has 0 aliphatic heterocycles. The molecule has 7 nitrogen and oxygen atoms in total. The molecular weight excluding hydrogens is 442 g/mol. The van der Waals surface area contributed by atoms with Gasteiger partial charge in [-0.2, -0.15) is 0 Å². The van der Waals surface area contributed by atoms with Gasteiger partial charge in [0, 0.05) is 30.8 Å². The number of pyridine rings is 1. The molecule has 1 saturated carbocycles. The van der Waals surface area contributed by atoms with Crippen LogP contribution >= 0.6 is 0 Å². The van der Waals surface area contributed by atoms with Crippen LogP contribution in [0, 0.1) is 11.3 Å². The first-order valence-electron chi connectivity index (χ1n) is 13.5. The topological polar surface area (TPSA) is 100 Å². The number of carbonyl (C=O) groups excluding carboxylic acids is 2. The van der Waals surface area contributed by atoms with Crippen LogP contribution in [0.25, 0.3) is 0 Å². The van der Waals surface area contributed by atoms with Crippen LogP contribution in [-0.2, 0) is 24.2 Å². The van der Waals surface area contributed by atoms with Crippen molar-refractivity contribution >= 4 is 11.8 Å². The average molecular weight is 488 g/mol. The van der Waals surface area contributed by atoms with Gasteiger partial charge in [0.2, 0.25) is 5.91 Å². The van der Waals surface area contributed by atoms with E-state index >= 15 is 0 Å². The Kier molecular flexibility index (Phi) is 9.19. The lowest BCUT2D eigenvalue weighted by Crippen LogP contribution is -2.56. The maximum atomic E-state index is 13.7. The highest BCUT2D eigenvalue weighted by Crippen LogP contribution is 2.27. The molecule has 1 aromatic heterocycles. The van der Waals surface area contributed by atoms with Crippen LogP contribution in [0.1, 0.15) is 107 Å². The van der Waals surface area contributed by atoms with Crippen molar-refractivity contribution in [2.75, 3.05) is 13.2 Å². The Bertz CT molecular complexity index is 958. The minimum absolute atomic E-state index is 0.0598. The lowest BCUT2D eigenvalue weighted by atomic mass is 9.88. The molecule has 0 atom stereocenters. The van der Waals surface area contributed by atoms with Gasteiger partial charge in [-0.1, -0.05) is 46.0 Å². The van der Waals surface area contributed by atoms with Gasteiger partial charge in [0.1, 0.15) is 11.1 Å². The van der Waals surface area contributed by atoms with Gasteiger partial charge in [0.05, 0.1) is 0 Å². The minimum Gasteiger partial charge on any atom is -0.396 e. The maximum Gasteiger partial charge on any atom is 0.263 e. The fraction of sp³-hybridized carbons (Fsp3) is 0.750. The predicted octanol–water partition coefficient (Wildman–Crippen LogP) is 3.73. The van der Waals surface area contributed by atoms with Crippen LogP contribution in [0.5, 0.6) is 0 Å². The second-order valence-corrected chi connectivity index (χ2v) is 11.9. The number of carbonyl (C=O) groups is 2. The van der Waals surface area contributed by atoms with E-state index < -0.39 is 16.9 Å². The number of aromatic nitrogens is 1. The van der Waals surface area contributed by atoms with Crippen LogP contribution in [0.4, 0.5) is 0 Å². The van der Waals surface area contributed by atoms with Crippen LogP contribution in [0.3, 0.4) is 0 Å². The van der Waals surface area contributed by atoms with Crippen molar-refractivity contribution in [1.82, 2.24) is 15.2 Å². The summed E-state index contributed by atoms with van der Waals surface area (Å²) >= 11 is 0. The summed E-state index contributed by atoms with van der Waals surface area (Å²) in [5.41, 5.74) is 0.463. The quantitative estimate of drug-likeness (QED) is 0.520. The van der Waals surface area contributed by atoms with E-state index in [-0.39, 0.29) is 30.2 Å². The lowest BCUT2D eigenvalue weighted by Gasteiger charge is -2.29. The summed E-state index contributed by atoms with van der Waals surface area (Å²) in [4.78, 5) is 39.9.